The highest BCUT2D eigenvalue weighted by Gasteiger charge is 2.61. The van der Waals surface area contributed by atoms with E-state index in [1.54, 1.807) is 27.9 Å². The van der Waals surface area contributed by atoms with Crippen LogP contribution in [0.1, 0.15) is 26.3 Å². The van der Waals surface area contributed by atoms with Crippen LogP contribution in [0.25, 0.3) is 0 Å². The third-order valence-corrected chi connectivity index (χ3v) is 4.74. The minimum atomic E-state index is -0.777. The average Bonchev–Trinajstić information content (AvgIpc) is 3.27. The van der Waals surface area contributed by atoms with Gasteiger partial charge in [0, 0.05) is 0 Å². The van der Waals surface area contributed by atoms with Crippen LogP contribution >= 0.6 is 0 Å². The zero-order valence-electron chi connectivity index (χ0n) is 16.3. The largest absolute Gasteiger partial charge is 0.497 e. The summed E-state index contributed by atoms with van der Waals surface area (Å²) in [7, 11) is 1.61. The third kappa shape index (κ3) is 3.43. The molecule has 0 radical (unpaired) electrons. The molecule has 1 aromatic rings. The zero-order valence-corrected chi connectivity index (χ0v) is 16.3. The molecule has 8 nitrogen and oxygen atoms in total. The maximum atomic E-state index is 12.4. The van der Waals surface area contributed by atoms with Crippen LogP contribution in [0.4, 0.5) is 0 Å². The molecule has 3 aliphatic rings. The van der Waals surface area contributed by atoms with Crippen molar-refractivity contribution in [3.05, 3.63) is 41.3 Å². The van der Waals surface area contributed by atoms with Gasteiger partial charge < -0.3 is 33.2 Å². The fourth-order valence-electron chi connectivity index (χ4n) is 3.52. The summed E-state index contributed by atoms with van der Waals surface area (Å²) in [6.45, 7) is 5.81. The van der Waals surface area contributed by atoms with Gasteiger partial charge in [0.2, 0.25) is 5.76 Å². The molecule has 3 aliphatic heterocycles. The Kier molecular flexibility index (Phi) is 4.95. The fraction of sp³-hybridized carbons (Fsp3) is 0.550. The molecule has 0 aromatic heterocycles. The predicted octanol–water partition coefficient (Wildman–Crippen LogP) is 2.26. The van der Waals surface area contributed by atoms with Crippen molar-refractivity contribution in [2.24, 2.45) is 0 Å². The first-order valence-electron chi connectivity index (χ1n) is 9.26. The second kappa shape index (κ2) is 7.27. The lowest BCUT2D eigenvalue weighted by atomic mass is 10.1. The van der Waals surface area contributed by atoms with Gasteiger partial charge in [-0.15, -0.1) is 0 Å². The Labute approximate surface area is 163 Å². The molecule has 4 rings (SSSR count). The molecule has 3 heterocycles. The molecule has 2 unspecified atom stereocenters. The van der Waals surface area contributed by atoms with E-state index in [4.69, 9.17) is 33.2 Å². The quantitative estimate of drug-likeness (QED) is 0.682. The maximum Gasteiger partial charge on any atom is 0.377 e. The van der Waals surface area contributed by atoms with E-state index in [0.717, 1.165) is 11.3 Å². The number of carbonyl (C=O) groups is 1. The lowest BCUT2D eigenvalue weighted by Gasteiger charge is -2.21. The Balaban J connectivity index is 1.52. The molecule has 1 aromatic carbocycles. The van der Waals surface area contributed by atoms with E-state index in [1.165, 1.54) is 0 Å². The number of hydrogen-bond acceptors (Lipinski definition) is 8. The summed E-state index contributed by atoms with van der Waals surface area (Å²) >= 11 is 0. The molecule has 0 spiro atoms. The number of esters is 1. The normalized spacial score (nSPS) is 29.9. The Hall–Kier alpha value is -2.29. The molecule has 0 amide bonds. The van der Waals surface area contributed by atoms with Crippen molar-refractivity contribution in [1.29, 1.82) is 0 Å². The number of methoxy groups -OCH3 is 1. The minimum absolute atomic E-state index is 0.0251. The standard InChI is InChI=1S/C20H24O8/c1-5-23-18(21)16-13(24-10-11-6-8-12(22-4)9-7-11)14-15(25-16)17-19(26-14)28-20(2,3)27-17/h6-9,14-15,17,19H,5,10H2,1-4H3/t14?,15?,17-,19-/m1/s1. The molecule has 152 valence electrons. The van der Waals surface area contributed by atoms with Crippen molar-refractivity contribution in [2.45, 2.75) is 57.8 Å². The van der Waals surface area contributed by atoms with E-state index >= 15 is 0 Å². The van der Waals surface area contributed by atoms with Gasteiger partial charge in [-0.3, -0.25) is 0 Å². The number of ether oxygens (including phenoxy) is 7. The zero-order chi connectivity index (χ0) is 19.9. The molecule has 2 fully saturated rings. The molecule has 0 saturated carbocycles. The van der Waals surface area contributed by atoms with Crippen LogP contribution in [-0.2, 0) is 39.8 Å². The number of fused-ring (bicyclic) bond motifs is 3. The van der Waals surface area contributed by atoms with E-state index < -0.39 is 36.4 Å². The van der Waals surface area contributed by atoms with E-state index in [2.05, 4.69) is 0 Å². The highest BCUT2D eigenvalue weighted by Crippen LogP contribution is 2.45. The smallest absolute Gasteiger partial charge is 0.377 e. The highest BCUT2D eigenvalue weighted by atomic mass is 16.8. The van der Waals surface area contributed by atoms with Gasteiger partial charge in [-0.1, -0.05) is 12.1 Å². The van der Waals surface area contributed by atoms with Crippen molar-refractivity contribution in [3.8, 4) is 5.75 Å². The third-order valence-electron chi connectivity index (χ3n) is 4.74. The number of carbonyl (C=O) groups excluding carboxylic acids is 1. The SMILES string of the molecule is CCOC(=O)C1=C(OCc2ccc(OC)cc2)C2O[C@@H]3OC(C)(C)O[C@@H]3C2O1. The number of hydrogen-bond donors (Lipinski definition) is 0. The van der Waals surface area contributed by atoms with Crippen LogP contribution in [0.15, 0.2) is 35.8 Å². The Morgan fingerprint density at radius 2 is 1.89 bits per heavy atom. The van der Waals surface area contributed by atoms with E-state index in [-0.39, 0.29) is 19.0 Å². The van der Waals surface area contributed by atoms with Crippen molar-refractivity contribution in [3.63, 3.8) is 0 Å². The molecule has 2 saturated heterocycles. The van der Waals surface area contributed by atoms with Crippen LogP contribution in [-0.4, -0.2) is 50.1 Å². The van der Waals surface area contributed by atoms with Gasteiger partial charge in [0.1, 0.15) is 12.4 Å². The van der Waals surface area contributed by atoms with Gasteiger partial charge >= 0.3 is 5.97 Å². The topological polar surface area (TPSA) is 81.7 Å². The first kappa shape index (κ1) is 19.0. The van der Waals surface area contributed by atoms with Gasteiger partial charge in [0.25, 0.3) is 0 Å². The Bertz CT molecular complexity index is 769. The number of rotatable bonds is 6. The van der Waals surface area contributed by atoms with Gasteiger partial charge in [-0.25, -0.2) is 4.79 Å². The van der Waals surface area contributed by atoms with Crippen LogP contribution in [0.2, 0.25) is 0 Å². The Morgan fingerprint density at radius 3 is 2.57 bits per heavy atom. The summed E-state index contributed by atoms with van der Waals surface area (Å²) in [6.07, 6.45) is -2.15. The fourth-order valence-corrected chi connectivity index (χ4v) is 3.52. The van der Waals surface area contributed by atoms with Crippen LogP contribution in [0.3, 0.4) is 0 Å². The summed E-state index contributed by atoms with van der Waals surface area (Å²) in [4.78, 5) is 12.4. The monoisotopic (exact) mass is 392 g/mol. The van der Waals surface area contributed by atoms with Crippen LogP contribution in [0, 0.1) is 0 Å². The van der Waals surface area contributed by atoms with Crippen LogP contribution < -0.4 is 4.74 Å². The van der Waals surface area contributed by atoms with Gasteiger partial charge in [-0.2, -0.15) is 0 Å². The summed E-state index contributed by atoms with van der Waals surface area (Å²) in [6, 6.07) is 7.45. The van der Waals surface area contributed by atoms with Crippen molar-refractivity contribution in [1.82, 2.24) is 0 Å². The predicted molar refractivity (Wildman–Crippen MR) is 95.0 cm³/mol. The van der Waals surface area contributed by atoms with E-state index in [9.17, 15) is 4.79 Å². The molecular weight excluding hydrogens is 368 g/mol. The molecule has 28 heavy (non-hydrogen) atoms. The number of benzene rings is 1. The summed E-state index contributed by atoms with van der Waals surface area (Å²) in [5.41, 5.74) is 0.909. The lowest BCUT2D eigenvalue weighted by molar-refractivity contribution is -0.210. The minimum Gasteiger partial charge on any atom is -0.497 e. The van der Waals surface area contributed by atoms with E-state index in [0.29, 0.717) is 5.76 Å². The lowest BCUT2D eigenvalue weighted by Crippen LogP contribution is -2.34. The second-order valence-electron chi connectivity index (χ2n) is 7.16. The van der Waals surface area contributed by atoms with E-state index in [1.807, 2.05) is 24.3 Å². The van der Waals surface area contributed by atoms with Crippen molar-refractivity contribution >= 4 is 5.97 Å². The second-order valence-corrected chi connectivity index (χ2v) is 7.16. The molecule has 0 N–H and O–H groups in total. The summed E-state index contributed by atoms with van der Waals surface area (Å²) in [5.74, 6) is -0.278. The highest BCUT2D eigenvalue weighted by molar-refractivity contribution is 5.87. The summed E-state index contributed by atoms with van der Waals surface area (Å²) in [5, 5.41) is 0. The Morgan fingerprint density at radius 1 is 1.14 bits per heavy atom. The molecule has 8 heteroatoms. The van der Waals surface area contributed by atoms with Crippen LogP contribution in [0.5, 0.6) is 5.75 Å². The van der Waals surface area contributed by atoms with Crippen molar-refractivity contribution < 1.29 is 38.0 Å². The average molecular weight is 392 g/mol. The summed E-state index contributed by atoms with van der Waals surface area (Å²) < 4.78 is 39.7. The first-order valence-corrected chi connectivity index (χ1v) is 9.26. The maximum absolute atomic E-state index is 12.4. The molecular formula is C20H24O8. The van der Waals surface area contributed by atoms with Gasteiger partial charge in [0.15, 0.2) is 36.1 Å². The van der Waals surface area contributed by atoms with Gasteiger partial charge in [-0.05, 0) is 38.5 Å². The van der Waals surface area contributed by atoms with Crippen molar-refractivity contribution in [2.75, 3.05) is 13.7 Å². The molecule has 0 aliphatic carbocycles. The van der Waals surface area contributed by atoms with Gasteiger partial charge in [0.05, 0.1) is 13.7 Å². The molecule has 4 atom stereocenters. The molecule has 0 bridgehead atoms. The first-order chi connectivity index (χ1) is 13.4.